The van der Waals surface area contributed by atoms with E-state index in [9.17, 15) is 9.59 Å². The first-order valence-corrected chi connectivity index (χ1v) is 8.21. The minimum Gasteiger partial charge on any atom is -0.460 e. The van der Waals surface area contributed by atoms with E-state index in [4.69, 9.17) is 18.6 Å². The minimum absolute atomic E-state index is 0.0825. The third-order valence-electron chi connectivity index (χ3n) is 3.56. The van der Waals surface area contributed by atoms with Crippen LogP contribution in [-0.2, 0) is 4.74 Å². The predicted octanol–water partition coefficient (Wildman–Crippen LogP) is 4.82. The molecule has 3 rings (SSSR count). The highest BCUT2D eigenvalue weighted by molar-refractivity contribution is 5.80. The van der Waals surface area contributed by atoms with Crippen molar-refractivity contribution in [2.24, 2.45) is 0 Å². The Labute approximate surface area is 149 Å². The molecule has 6 nitrogen and oxygen atoms in total. The van der Waals surface area contributed by atoms with Gasteiger partial charge in [-0.3, -0.25) is 4.79 Å². The number of ether oxygens (including phenoxy) is 3. The van der Waals surface area contributed by atoms with Crippen LogP contribution < -0.4 is 14.9 Å². The second-order valence-corrected chi connectivity index (χ2v) is 5.71. The SMILES string of the molecule is CCCOC(=O)Oc1ccc2c(=O)c(Oc3cccc(C)c3)coc2c1. The summed E-state index contributed by atoms with van der Waals surface area (Å²) in [4.78, 5) is 24.1. The molecular formula is C20H18O6. The van der Waals surface area contributed by atoms with Crippen molar-refractivity contribution in [3.05, 3.63) is 64.5 Å². The molecule has 1 aromatic heterocycles. The van der Waals surface area contributed by atoms with Crippen molar-refractivity contribution in [2.45, 2.75) is 20.3 Å². The van der Waals surface area contributed by atoms with Crippen molar-refractivity contribution in [1.29, 1.82) is 0 Å². The van der Waals surface area contributed by atoms with Gasteiger partial charge in [0.1, 0.15) is 23.3 Å². The van der Waals surface area contributed by atoms with Crippen LogP contribution in [0.1, 0.15) is 18.9 Å². The first-order valence-electron chi connectivity index (χ1n) is 8.21. The molecule has 0 aliphatic carbocycles. The fourth-order valence-electron chi connectivity index (χ4n) is 2.34. The molecule has 0 bridgehead atoms. The van der Waals surface area contributed by atoms with Crippen LogP contribution in [0, 0.1) is 6.92 Å². The summed E-state index contributed by atoms with van der Waals surface area (Å²) in [6.45, 7) is 4.10. The fourth-order valence-corrected chi connectivity index (χ4v) is 2.34. The molecule has 0 aliphatic heterocycles. The van der Waals surface area contributed by atoms with Gasteiger partial charge in [-0.1, -0.05) is 19.1 Å². The molecule has 0 fully saturated rings. The van der Waals surface area contributed by atoms with Gasteiger partial charge < -0.3 is 18.6 Å². The van der Waals surface area contributed by atoms with E-state index in [0.717, 1.165) is 5.56 Å². The van der Waals surface area contributed by atoms with Gasteiger partial charge in [0.2, 0.25) is 11.2 Å². The lowest BCUT2D eigenvalue weighted by molar-refractivity contribution is 0.0992. The lowest BCUT2D eigenvalue weighted by atomic mass is 10.2. The Morgan fingerprint density at radius 3 is 2.73 bits per heavy atom. The van der Waals surface area contributed by atoms with Gasteiger partial charge >= 0.3 is 6.16 Å². The highest BCUT2D eigenvalue weighted by Gasteiger charge is 2.12. The van der Waals surface area contributed by atoms with Crippen molar-refractivity contribution in [3.8, 4) is 17.2 Å². The van der Waals surface area contributed by atoms with Gasteiger partial charge in [0.15, 0.2) is 0 Å². The zero-order valence-electron chi connectivity index (χ0n) is 14.5. The first-order chi connectivity index (χ1) is 12.6. The number of aryl methyl sites for hydroxylation is 1. The molecule has 134 valence electrons. The molecule has 3 aromatic rings. The van der Waals surface area contributed by atoms with Crippen molar-refractivity contribution in [2.75, 3.05) is 6.61 Å². The number of hydrogen-bond donors (Lipinski definition) is 0. The second kappa shape index (κ2) is 7.74. The average molecular weight is 354 g/mol. The monoisotopic (exact) mass is 354 g/mol. The summed E-state index contributed by atoms with van der Waals surface area (Å²) in [7, 11) is 0. The molecule has 0 saturated carbocycles. The molecule has 6 heteroatoms. The van der Waals surface area contributed by atoms with Gasteiger partial charge in [-0.2, -0.15) is 0 Å². The maximum atomic E-state index is 12.6. The lowest BCUT2D eigenvalue weighted by Gasteiger charge is -2.07. The smallest absolute Gasteiger partial charge is 0.460 e. The highest BCUT2D eigenvalue weighted by Crippen LogP contribution is 2.24. The Morgan fingerprint density at radius 1 is 1.12 bits per heavy atom. The largest absolute Gasteiger partial charge is 0.513 e. The lowest BCUT2D eigenvalue weighted by Crippen LogP contribution is -2.11. The molecule has 0 atom stereocenters. The normalized spacial score (nSPS) is 10.5. The number of hydrogen-bond acceptors (Lipinski definition) is 6. The molecule has 0 amide bonds. The van der Waals surface area contributed by atoms with E-state index < -0.39 is 6.16 Å². The molecule has 0 radical (unpaired) electrons. The van der Waals surface area contributed by atoms with E-state index in [2.05, 4.69) is 0 Å². The Morgan fingerprint density at radius 2 is 1.96 bits per heavy atom. The highest BCUT2D eigenvalue weighted by atomic mass is 16.7. The van der Waals surface area contributed by atoms with E-state index in [-0.39, 0.29) is 29.1 Å². The van der Waals surface area contributed by atoms with Crippen LogP contribution in [0.3, 0.4) is 0 Å². The van der Waals surface area contributed by atoms with E-state index in [1.54, 1.807) is 6.07 Å². The van der Waals surface area contributed by atoms with Gasteiger partial charge in [-0.15, -0.1) is 0 Å². The summed E-state index contributed by atoms with van der Waals surface area (Å²) in [6.07, 6.45) is 1.14. The van der Waals surface area contributed by atoms with Gasteiger partial charge in [0.25, 0.3) is 0 Å². The fraction of sp³-hybridized carbons (Fsp3) is 0.200. The number of benzene rings is 2. The topological polar surface area (TPSA) is 75.0 Å². The van der Waals surface area contributed by atoms with Crippen molar-refractivity contribution < 1.29 is 23.4 Å². The standard InChI is InChI=1S/C20H18O6/c1-3-9-23-20(22)26-15-7-8-16-17(11-15)24-12-18(19(16)21)25-14-6-4-5-13(2)10-14/h4-8,10-12H,3,9H2,1-2H3. The molecule has 0 saturated heterocycles. The molecule has 2 aromatic carbocycles. The summed E-state index contributed by atoms with van der Waals surface area (Å²) in [5.74, 6) is 0.864. The van der Waals surface area contributed by atoms with E-state index >= 15 is 0 Å². The average Bonchev–Trinajstić information content (AvgIpc) is 2.62. The van der Waals surface area contributed by atoms with Gasteiger partial charge in [-0.25, -0.2) is 4.79 Å². The predicted molar refractivity (Wildman–Crippen MR) is 96.0 cm³/mol. The van der Waals surface area contributed by atoms with E-state index in [0.29, 0.717) is 17.6 Å². The molecular weight excluding hydrogens is 336 g/mol. The molecule has 0 spiro atoms. The van der Waals surface area contributed by atoms with Crippen LogP contribution in [0.15, 0.2) is 57.9 Å². The van der Waals surface area contributed by atoms with Gasteiger partial charge in [-0.05, 0) is 43.2 Å². The van der Waals surface area contributed by atoms with E-state index in [1.165, 1.54) is 24.5 Å². The maximum Gasteiger partial charge on any atom is 0.513 e. The Balaban J connectivity index is 1.84. The van der Waals surface area contributed by atoms with Crippen LogP contribution in [0.25, 0.3) is 11.0 Å². The van der Waals surface area contributed by atoms with E-state index in [1.807, 2.05) is 32.0 Å². The number of carbonyl (C=O) groups is 1. The second-order valence-electron chi connectivity index (χ2n) is 5.71. The Hall–Kier alpha value is -3.28. The van der Waals surface area contributed by atoms with Crippen LogP contribution >= 0.6 is 0 Å². The van der Waals surface area contributed by atoms with Crippen LogP contribution in [0.4, 0.5) is 4.79 Å². The van der Waals surface area contributed by atoms with Gasteiger partial charge in [0, 0.05) is 6.07 Å². The summed E-state index contributed by atoms with van der Waals surface area (Å²) in [5.41, 5.74) is 0.990. The number of fused-ring (bicyclic) bond motifs is 1. The molecule has 0 N–H and O–H groups in total. The first kappa shape index (κ1) is 17.5. The Bertz CT molecular complexity index is 989. The summed E-state index contributed by atoms with van der Waals surface area (Å²) < 4.78 is 21.0. The van der Waals surface area contributed by atoms with Crippen LogP contribution in [0.5, 0.6) is 17.2 Å². The minimum atomic E-state index is -0.798. The number of rotatable bonds is 5. The zero-order valence-corrected chi connectivity index (χ0v) is 14.5. The van der Waals surface area contributed by atoms with Crippen molar-refractivity contribution in [3.63, 3.8) is 0 Å². The zero-order chi connectivity index (χ0) is 18.5. The van der Waals surface area contributed by atoms with Gasteiger partial charge in [0.05, 0.1) is 12.0 Å². The van der Waals surface area contributed by atoms with Crippen LogP contribution in [0.2, 0.25) is 0 Å². The van der Waals surface area contributed by atoms with Crippen molar-refractivity contribution >= 4 is 17.1 Å². The number of carbonyl (C=O) groups excluding carboxylic acids is 1. The van der Waals surface area contributed by atoms with Crippen LogP contribution in [-0.4, -0.2) is 12.8 Å². The molecule has 1 heterocycles. The summed E-state index contributed by atoms with van der Waals surface area (Å²) >= 11 is 0. The molecule has 0 aliphatic rings. The third-order valence-corrected chi connectivity index (χ3v) is 3.56. The Kier molecular flexibility index (Phi) is 5.22. The summed E-state index contributed by atoms with van der Waals surface area (Å²) in [5, 5.41) is 0.324. The maximum absolute atomic E-state index is 12.6. The molecule has 0 unspecified atom stereocenters. The molecule has 26 heavy (non-hydrogen) atoms. The summed E-state index contributed by atoms with van der Waals surface area (Å²) in [6, 6.07) is 11.8. The quantitative estimate of drug-likeness (QED) is 0.483. The third kappa shape index (κ3) is 4.03. The van der Waals surface area contributed by atoms with Crippen molar-refractivity contribution in [1.82, 2.24) is 0 Å².